The van der Waals surface area contributed by atoms with Crippen molar-refractivity contribution in [3.8, 4) is 11.5 Å². The number of nitrogens with zero attached hydrogens (tertiary/aromatic N) is 2. The second-order valence-electron chi connectivity index (χ2n) is 4.25. The van der Waals surface area contributed by atoms with E-state index in [0.29, 0.717) is 22.7 Å². The molecule has 0 aliphatic rings. The first-order valence-corrected chi connectivity index (χ1v) is 7.93. The standard InChI is InChI=1S/C14H15ClN2O3S/c1-2-3-7-19-12(18)9-21-14-17-16-13(20-14)10-5-4-6-11(15)8-10/h4-6,8H,2-3,7,9H2,1H3. The summed E-state index contributed by atoms with van der Waals surface area (Å²) >= 11 is 7.07. The van der Waals surface area contributed by atoms with Crippen molar-refractivity contribution in [3.05, 3.63) is 29.3 Å². The third-order valence-electron chi connectivity index (χ3n) is 2.55. The van der Waals surface area contributed by atoms with Crippen LogP contribution in [0.15, 0.2) is 33.9 Å². The van der Waals surface area contributed by atoms with Gasteiger partial charge in [0.15, 0.2) is 0 Å². The summed E-state index contributed by atoms with van der Waals surface area (Å²) in [4.78, 5) is 11.5. The first-order chi connectivity index (χ1) is 10.2. The molecule has 0 aliphatic heterocycles. The Hall–Kier alpha value is -1.53. The average molecular weight is 327 g/mol. The monoisotopic (exact) mass is 326 g/mol. The summed E-state index contributed by atoms with van der Waals surface area (Å²) in [6, 6.07) is 7.14. The molecule has 21 heavy (non-hydrogen) atoms. The average Bonchev–Trinajstić information content (AvgIpc) is 2.94. The van der Waals surface area contributed by atoms with Gasteiger partial charge in [-0.2, -0.15) is 0 Å². The molecule has 1 aromatic heterocycles. The summed E-state index contributed by atoms with van der Waals surface area (Å²) in [6.45, 7) is 2.49. The number of hydrogen-bond acceptors (Lipinski definition) is 6. The molecule has 0 amide bonds. The Balaban J connectivity index is 1.87. The van der Waals surface area contributed by atoms with Gasteiger partial charge >= 0.3 is 5.97 Å². The highest BCUT2D eigenvalue weighted by Gasteiger charge is 2.12. The summed E-state index contributed by atoms with van der Waals surface area (Å²) in [6.07, 6.45) is 1.86. The number of carbonyl (C=O) groups is 1. The number of thioether (sulfide) groups is 1. The molecule has 0 saturated heterocycles. The van der Waals surface area contributed by atoms with Crippen molar-refractivity contribution in [1.82, 2.24) is 10.2 Å². The van der Waals surface area contributed by atoms with Crippen molar-refractivity contribution in [1.29, 1.82) is 0 Å². The Morgan fingerprint density at radius 3 is 3.05 bits per heavy atom. The molecule has 1 heterocycles. The molecule has 0 bridgehead atoms. The Morgan fingerprint density at radius 2 is 2.29 bits per heavy atom. The molecule has 0 aliphatic carbocycles. The van der Waals surface area contributed by atoms with Crippen molar-refractivity contribution in [3.63, 3.8) is 0 Å². The third-order valence-corrected chi connectivity index (χ3v) is 3.58. The maximum Gasteiger partial charge on any atom is 0.316 e. The van der Waals surface area contributed by atoms with Crippen LogP contribution in [-0.2, 0) is 9.53 Å². The van der Waals surface area contributed by atoms with Crippen molar-refractivity contribution in [2.24, 2.45) is 0 Å². The highest BCUT2D eigenvalue weighted by Crippen LogP contribution is 2.25. The van der Waals surface area contributed by atoms with E-state index >= 15 is 0 Å². The lowest BCUT2D eigenvalue weighted by molar-refractivity contribution is -0.140. The van der Waals surface area contributed by atoms with Crippen LogP contribution in [0.1, 0.15) is 19.8 Å². The van der Waals surface area contributed by atoms with Gasteiger partial charge in [-0.15, -0.1) is 10.2 Å². The van der Waals surface area contributed by atoms with E-state index in [-0.39, 0.29) is 11.7 Å². The minimum absolute atomic E-state index is 0.154. The van der Waals surface area contributed by atoms with Crippen molar-refractivity contribution in [2.45, 2.75) is 25.0 Å². The van der Waals surface area contributed by atoms with E-state index in [1.807, 2.05) is 13.0 Å². The fourth-order valence-electron chi connectivity index (χ4n) is 1.50. The number of carbonyl (C=O) groups excluding carboxylic acids is 1. The molecule has 0 spiro atoms. The molecule has 112 valence electrons. The van der Waals surface area contributed by atoms with Crippen molar-refractivity contribution in [2.75, 3.05) is 12.4 Å². The zero-order valence-corrected chi connectivity index (χ0v) is 13.1. The molecule has 2 rings (SSSR count). The van der Waals surface area contributed by atoms with Gasteiger partial charge < -0.3 is 9.15 Å². The van der Waals surface area contributed by atoms with Crippen LogP contribution < -0.4 is 0 Å². The molecule has 0 N–H and O–H groups in total. The van der Waals surface area contributed by atoms with Crippen LogP contribution in [0, 0.1) is 0 Å². The molecule has 5 nitrogen and oxygen atoms in total. The number of halogens is 1. The Morgan fingerprint density at radius 1 is 1.43 bits per heavy atom. The summed E-state index contributed by atoms with van der Waals surface area (Å²) < 4.78 is 10.5. The molecule has 0 fully saturated rings. The van der Waals surface area contributed by atoms with Gasteiger partial charge in [0.1, 0.15) is 5.75 Å². The minimum Gasteiger partial charge on any atom is -0.465 e. The van der Waals surface area contributed by atoms with Crippen LogP contribution in [-0.4, -0.2) is 28.5 Å². The molecule has 0 atom stereocenters. The first kappa shape index (κ1) is 15.9. The van der Waals surface area contributed by atoms with Crippen LogP contribution in [0.3, 0.4) is 0 Å². The number of unbranched alkanes of at least 4 members (excludes halogenated alkanes) is 1. The molecule has 2 aromatic rings. The van der Waals surface area contributed by atoms with E-state index in [1.165, 1.54) is 0 Å². The maximum absolute atomic E-state index is 11.5. The molecule has 0 radical (unpaired) electrons. The number of esters is 1. The predicted molar refractivity (Wildman–Crippen MR) is 81.3 cm³/mol. The molecule has 0 unspecified atom stereocenters. The predicted octanol–water partition coefficient (Wildman–Crippen LogP) is 3.83. The molecule has 1 aromatic carbocycles. The summed E-state index contributed by atoms with van der Waals surface area (Å²) in [7, 11) is 0. The summed E-state index contributed by atoms with van der Waals surface area (Å²) in [5.74, 6) is 0.247. The molecule has 0 saturated carbocycles. The fourth-order valence-corrected chi connectivity index (χ4v) is 2.25. The maximum atomic E-state index is 11.5. The quantitative estimate of drug-likeness (QED) is 0.438. The van der Waals surface area contributed by atoms with Crippen LogP contribution in [0.2, 0.25) is 5.02 Å². The molecule has 7 heteroatoms. The number of hydrogen-bond donors (Lipinski definition) is 0. The van der Waals surface area contributed by atoms with Gasteiger partial charge in [0.2, 0.25) is 5.89 Å². The SMILES string of the molecule is CCCCOC(=O)CSc1nnc(-c2cccc(Cl)c2)o1. The van der Waals surface area contributed by atoms with E-state index in [0.717, 1.165) is 30.2 Å². The minimum atomic E-state index is -0.282. The van der Waals surface area contributed by atoms with Crippen LogP contribution in [0.25, 0.3) is 11.5 Å². The summed E-state index contributed by atoms with van der Waals surface area (Å²) in [5, 5.41) is 8.75. The number of rotatable bonds is 7. The topological polar surface area (TPSA) is 65.2 Å². The molecular formula is C14H15ClN2O3S. The van der Waals surface area contributed by atoms with Crippen LogP contribution in [0.5, 0.6) is 0 Å². The van der Waals surface area contributed by atoms with Crippen LogP contribution in [0.4, 0.5) is 0 Å². The highest BCUT2D eigenvalue weighted by molar-refractivity contribution is 7.99. The zero-order valence-electron chi connectivity index (χ0n) is 11.5. The smallest absolute Gasteiger partial charge is 0.316 e. The second-order valence-corrected chi connectivity index (χ2v) is 5.61. The number of aromatic nitrogens is 2. The van der Waals surface area contributed by atoms with Gasteiger partial charge in [-0.3, -0.25) is 4.79 Å². The Kier molecular flexibility index (Phi) is 6.07. The van der Waals surface area contributed by atoms with Gasteiger partial charge in [-0.05, 0) is 24.6 Å². The summed E-state index contributed by atoms with van der Waals surface area (Å²) in [5.41, 5.74) is 0.743. The normalized spacial score (nSPS) is 10.6. The zero-order chi connectivity index (χ0) is 15.1. The Labute approximate surface area is 132 Å². The van der Waals surface area contributed by atoms with Gasteiger partial charge in [-0.1, -0.05) is 42.8 Å². The number of ether oxygens (including phenoxy) is 1. The largest absolute Gasteiger partial charge is 0.465 e. The van der Waals surface area contributed by atoms with Crippen LogP contribution >= 0.6 is 23.4 Å². The van der Waals surface area contributed by atoms with Crippen molar-refractivity contribution < 1.29 is 13.9 Å². The second kappa shape index (κ2) is 8.05. The van der Waals surface area contributed by atoms with Gasteiger partial charge in [0, 0.05) is 10.6 Å². The van der Waals surface area contributed by atoms with E-state index < -0.39 is 0 Å². The lowest BCUT2D eigenvalue weighted by atomic mass is 10.2. The van der Waals surface area contributed by atoms with Gasteiger partial charge in [0.25, 0.3) is 5.22 Å². The lowest BCUT2D eigenvalue weighted by Crippen LogP contribution is -2.08. The number of benzene rings is 1. The van der Waals surface area contributed by atoms with Gasteiger partial charge in [-0.25, -0.2) is 0 Å². The third kappa shape index (κ3) is 5.06. The first-order valence-electron chi connectivity index (χ1n) is 6.57. The Bertz CT molecular complexity index is 603. The van der Waals surface area contributed by atoms with Crippen molar-refractivity contribution >= 4 is 29.3 Å². The van der Waals surface area contributed by atoms with E-state index in [4.69, 9.17) is 20.8 Å². The fraction of sp³-hybridized carbons (Fsp3) is 0.357. The lowest BCUT2D eigenvalue weighted by Gasteiger charge is -2.01. The molecular weight excluding hydrogens is 312 g/mol. The van der Waals surface area contributed by atoms with Gasteiger partial charge in [0.05, 0.1) is 6.61 Å². The van der Waals surface area contributed by atoms with E-state index in [1.54, 1.807) is 18.2 Å². The van der Waals surface area contributed by atoms with E-state index in [9.17, 15) is 4.79 Å². The van der Waals surface area contributed by atoms with E-state index in [2.05, 4.69) is 10.2 Å². The highest BCUT2D eigenvalue weighted by atomic mass is 35.5.